The largest absolute Gasteiger partial charge is 0.490 e. The molecule has 1 atom stereocenters. The maximum atomic E-state index is 11.7. The van der Waals surface area contributed by atoms with Crippen molar-refractivity contribution in [2.45, 2.75) is 25.1 Å². The normalized spacial score (nSPS) is 17.4. The first-order valence-corrected chi connectivity index (χ1v) is 7.09. The molecule has 122 valence electrons. The molecule has 0 aromatic heterocycles. The number of carboxylic acid groups (broad SMARTS) is 1. The first-order valence-electron chi connectivity index (χ1n) is 6.30. The minimum absolute atomic E-state index is 0.0198. The second-order valence-electron chi connectivity index (χ2n) is 4.45. The van der Waals surface area contributed by atoms with Crippen LogP contribution >= 0.6 is 15.9 Å². The molecular weight excluding hydrogens is 369 g/mol. The van der Waals surface area contributed by atoms with E-state index in [0.717, 1.165) is 29.5 Å². The van der Waals surface area contributed by atoms with Gasteiger partial charge in [0.05, 0.1) is 6.04 Å². The van der Waals surface area contributed by atoms with Crippen LogP contribution in [0.4, 0.5) is 18.9 Å². The molecule has 0 aliphatic carbocycles. The van der Waals surface area contributed by atoms with Crippen LogP contribution in [0.25, 0.3) is 0 Å². The second-order valence-corrected chi connectivity index (χ2v) is 5.36. The number of carbonyl (C=O) groups excluding carboxylic acids is 1. The predicted molar refractivity (Wildman–Crippen MR) is 77.5 cm³/mol. The molecule has 3 N–H and O–H groups in total. The van der Waals surface area contributed by atoms with Gasteiger partial charge in [0.15, 0.2) is 0 Å². The monoisotopic (exact) mass is 382 g/mol. The number of benzene rings is 1. The summed E-state index contributed by atoms with van der Waals surface area (Å²) in [5, 5.41) is 13.2. The molecule has 1 amide bonds. The third kappa shape index (κ3) is 6.44. The average Bonchev–Trinajstić information content (AvgIpc) is 2.95. The fourth-order valence-electron chi connectivity index (χ4n) is 1.67. The van der Waals surface area contributed by atoms with Gasteiger partial charge in [-0.15, -0.1) is 0 Å². The summed E-state index contributed by atoms with van der Waals surface area (Å²) < 4.78 is 32.7. The fraction of sp³-hybridized carbons (Fsp3) is 0.385. The lowest BCUT2D eigenvalue weighted by Gasteiger charge is -2.10. The van der Waals surface area contributed by atoms with Crippen molar-refractivity contribution in [1.29, 1.82) is 0 Å². The van der Waals surface area contributed by atoms with Gasteiger partial charge in [0, 0.05) is 10.2 Å². The molecule has 1 aliphatic heterocycles. The first-order chi connectivity index (χ1) is 10.2. The van der Waals surface area contributed by atoms with Crippen LogP contribution in [0.2, 0.25) is 0 Å². The van der Waals surface area contributed by atoms with Gasteiger partial charge < -0.3 is 15.7 Å². The molecule has 22 heavy (non-hydrogen) atoms. The topological polar surface area (TPSA) is 78.4 Å². The summed E-state index contributed by atoms with van der Waals surface area (Å²) in [6.45, 7) is 0.943. The van der Waals surface area contributed by atoms with Gasteiger partial charge in [-0.2, -0.15) is 13.2 Å². The molecule has 0 bridgehead atoms. The summed E-state index contributed by atoms with van der Waals surface area (Å²) in [7, 11) is 0. The van der Waals surface area contributed by atoms with Crippen molar-refractivity contribution in [3.05, 3.63) is 28.7 Å². The van der Waals surface area contributed by atoms with Crippen molar-refractivity contribution < 1.29 is 27.9 Å². The summed E-state index contributed by atoms with van der Waals surface area (Å²) in [6, 6.07) is 7.58. The van der Waals surface area contributed by atoms with Crippen molar-refractivity contribution in [1.82, 2.24) is 5.32 Å². The minimum Gasteiger partial charge on any atom is -0.475 e. The Balaban J connectivity index is 0.000000295. The van der Waals surface area contributed by atoms with Gasteiger partial charge in [-0.05, 0) is 43.7 Å². The number of amides is 1. The van der Waals surface area contributed by atoms with Crippen LogP contribution in [0, 0.1) is 0 Å². The molecule has 1 fully saturated rings. The van der Waals surface area contributed by atoms with E-state index in [2.05, 4.69) is 26.6 Å². The van der Waals surface area contributed by atoms with Gasteiger partial charge in [0.2, 0.25) is 5.91 Å². The Kier molecular flexibility index (Phi) is 6.82. The van der Waals surface area contributed by atoms with Crippen molar-refractivity contribution in [2.75, 3.05) is 11.9 Å². The van der Waals surface area contributed by atoms with E-state index < -0.39 is 12.1 Å². The Hall–Kier alpha value is -1.61. The number of carbonyl (C=O) groups is 2. The van der Waals surface area contributed by atoms with Crippen LogP contribution in [-0.2, 0) is 9.59 Å². The Morgan fingerprint density at radius 3 is 2.23 bits per heavy atom. The van der Waals surface area contributed by atoms with E-state index >= 15 is 0 Å². The Morgan fingerprint density at radius 2 is 1.82 bits per heavy atom. The van der Waals surface area contributed by atoms with E-state index in [9.17, 15) is 18.0 Å². The summed E-state index contributed by atoms with van der Waals surface area (Å²) in [5.74, 6) is -2.69. The van der Waals surface area contributed by atoms with Gasteiger partial charge in [-0.3, -0.25) is 4.79 Å². The highest BCUT2D eigenvalue weighted by Gasteiger charge is 2.38. The molecule has 1 saturated heterocycles. The molecule has 5 nitrogen and oxygen atoms in total. The molecule has 0 saturated carbocycles. The lowest BCUT2D eigenvalue weighted by atomic mass is 10.2. The molecular formula is C13H14BrF3N2O3. The quantitative estimate of drug-likeness (QED) is 0.734. The Morgan fingerprint density at radius 1 is 1.27 bits per heavy atom. The predicted octanol–water partition coefficient (Wildman–Crippen LogP) is 2.77. The molecule has 2 rings (SSSR count). The van der Waals surface area contributed by atoms with Gasteiger partial charge in [0.1, 0.15) is 0 Å². The van der Waals surface area contributed by atoms with Crippen LogP contribution in [-0.4, -0.2) is 35.7 Å². The molecule has 0 radical (unpaired) electrons. The third-order valence-corrected chi connectivity index (χ3v) is 3.26. The zero-order valence-corrected chi connectivity index (χ0v) is 12.9. The van der Waals surface area contributed by atoms with Gasteiger partial charge in [-0.25, -0.2) is 4.79 Å². The number of carboxylic acids is 1. The Labute approximate surface area is 133 Å². The molecule has 1 heterocycles. The lowest BCUT2D eigenvalue weighted by Crippen LogP contribution is -2.35. The lowest BCUT2D eigenvalue weighted by molar-refractivity contribution is -0.192. The number of aliphatic carboxylic acids is 1. The number of nitrogens with one attached hydrogen (secondary N) is 2. The third-order valence-electron chi connectivity index (χ3n) is 2.73. The molecule has 1 aromatic rings. The summed E-state index contributed by atoms with van der Waals surface area (Å²) in [4.78, 5) is 20.6. The minimum atomic E-state index is -5.08. The average molecular weight is 383 g/mol. The van der Waals surface area contributed by atoms with Crippen LogP contribution < -0.4 is 10.6 Å². The van der Waals surface area contributed by atoms with E-state index in [1.165, 1.54) is 0 Å². The number of halogens is 4. The van der Waals surface area contributed by atoms with E-state index in [4.69, 9.17) is 9.90 Å². The SMILES string of the molecule is O=C(Nc1ccc(Br)cc1)[C@H]1CCCN1.O=C(O)C(F)(F)F. The maximum absolute atomic E-state index is 11.7. The number of anilines is 1. The van der Waals surface area contributed by atoms with Gasteiger partial charge in [0.25, 0.3) is 0 Å². The zero-order chi connectivity index (χ0) is 16.8. The van der Waals surface area contributed by atoms with Crippen LogP contribution in [0.1, 0.15) is 12.8 Å². The van der Waals surface area contributed by atoms with E-state index in [1.54, 1.807) is 0 Å². The summed E-state index contributed by atoms with van der Waals surface area (Å²) in [5.41, 5.74) is 0.844. The highest BCUT2D eigenvalue weighted by atomic mass is 79.9. The maximum Gasteiger partial charge on any atom is 0.490 e. The highest BCUT2D eigenvalue weighted by Crippen LogP contribution is 2.15. The van der Waals surface area contributed by atoms with E-state index in [-0.39, 0.29) is 11.9 Å². The molecule has 1 aromatic carbocycles. The van der Waals surface area contributed by atoms with Crippen LogP contribution in [0.3, 0.4) is 0 Å². The van der Waals surface area contributed by atoms with Gasteiger partial charge in [-0.1, -0.05) is 15.9 Å². The first kappa shape index (κ1) is 18.4. The van der Waals surface area contributed by atoms with Crippen molar-refractivity contribution >= 4 is 33.5 Å². The van der Waals surface area contributed by atoms with Crippen LogP contribution in [0.15, 0.2) is 28.7 Å². The second kappa shape index (κ2) is 8.14. The smallest absolute Gasteiger partial charge is 0.475 e. The molecule has 9 heteroatoms. The number of hydrogen-bond acceptors (Lipinski definition) is 3. The van der Waals surface area contributed by atoms with E-state index in [0.29, 0.717) is 0 Å². The van der Waals surface area contributed by atoms with Crippen molar-refractivity contribution in [3.8, 4) is 0 Å². The van der Waals surface area contributed by atoms with Crippen molar-refractivity contribution in [2.24, 2.45) is 0 Å². The zero-order valence-electron chi connectivity index (χ0n) is 11.3. The number of rotatable bonds is 2. The number of hydrogen-bond donors (Lipinski definition) is 3. The molecule has 1 aliphatic rings. The summed E-state index contributed by atoms with van der Waals surface area (Å²) >= 11 is 3.35. The van der Waals surface area contributed by atoms with E-state index in [1.807, 2.05) is 24.3 Å². The summed E-state index contributed by atoms with van der Waals surface area (Å²) in [6.07, 6.45) is -3.07. The van der Waals surface area contributed by atoms with Crippen LogP contribution in [0.5, 0.6) is 0 Å². The molecule has 0 spiro atoms. The van der Waals surface area contributed by atoms with Gasteiger partial charge >= 0.3 is 12.1 Å². The van der Waals surface area contributed by atoms with Crippen molar-refractivity contribution in [3.63, 3.8) is 0 Å². The standard InChI is InChI=1S/C11H13BrN2O.C2HF3O2/c12-8-3-5-9(6-4-8)14-11(15)10-2-1-7-13-10;3-2(4,5)1(6)7/h3-6,10,13H,1-2,7H2,(H,14,15);(H,6,7)/t10-;/m1./s1. The highest BCUT2D eigenvalue weighted by molar-refractivity contribution is 9.10. The molecule has 0 unspecified atom stereocenters. The number of alkyl halides is 3. The Bertz CT molecular complexity index is 514. The fourth-order valence-corrected chi connectivity index (χ4v) is 1.94.